The summed E-state index contributed by atoms with van der Waals surface area (Å²) >= 11 is 0. The van der Waals surface area contributed by atoms with Crippen molar-refractivity contribution in [2.24, 2.45) is 0 Å². The molecule has 0 bridgehead atoms. The summed E-state index contributed by atoms with van der Waals surface area (Å²) in [6.07, 6.45) is 7.90. The number of nitrogens with two attached hydrogens (primary N) is 1. The second-order valence-electron chi connectivity index (χ2n) is 5.48. The summed E-state index contributed by atoms with van der Waals surface area (Å²) in [6, 6.07) is 4.42. The molecule has 0 aromatic heterocycles. The molecule has 0 amide bonds. The molecule has 0 fully saturated rings. The van der Waals surface area contributed by atoms with Crippen LogP contribution >= 0.6 is 0 Å². The average Bonchev–Trinajstić information content (AvgIpc) is 2.16. The molecule has 0 spiro atoms. The van der Waals surface area contributed by atoms with Crippen LogP contribution in [0.3, 0.4) is 0 Å². The van der Waals surface area contributed by atoms with Gasteiger partial charge >= 0.3 is 0 Å². The van der Waals surface area contributed by atoms with Crippen molar-refractivity contribution >= 4 is 5.69 Å². The minimum absolute atomic E-state index is 0.467. The molecule has 2 aliphatic carbocycles. The number of anilines is 1. The first kappa shape index (κ1) is 9.26. The number of aryl methyl sites for hydroxylation is 2. The second kappa shape index (κ2) is 3.01. The zero-order valence-corrected chi connectivity index (χ0v) is 9.47. The van der Waals surface area contributed by atoms with E-state index in [4.69, 9.17) is 5.73 Å². The second-order valence-corrected chi connectivity index (χ2v) is 5.48. The third-order valence-corrected chi connectivity index (χ3v) is 4.28. The summed E-state index contributed by atoms with van der Waals surface area (Å²) in [4.78, 5) is 0. The maximum Gasteiger partial charge on any atom is 0.0319 e. The fraction of sp³-hybridized carbons (Fsp3) is 0.571. The van der Waals surface area contributed by atoms with Gasteiger partial charge in [0, 0.05) is 5.69 Å². The van der Waals surface area contributed by atoms with Gasteiger partial charge in [0.25, 0.3) is 0 Å². The molecule has 1 aromatic rings. The van der Waals surface area contributed by atoms with Crippen molar-refractivity contribution in [1.29, 1.82) is 0 Å². The average molecular weight is 201 g/mol. The van der Waals surface area contributed by atoms with Crippen molar-refractivity contribution in [3.63, 3.8) is 0 Å². The van der Waals surface area contributed by atoms with Gasteiger partial charge in [-0.05, 0) is 72.8 Å². The van der Waals surface area contributed by atoms with Gasteiger partial charge in [-0.3, -0.25) is 0 Å². The predicted octanol–water partition coefficient (Wildman–Crippen LogP) is 3.20. The Morgan fingerprint density at radius 2 is 1.60 bits per heavy atom. The molecule has 1 heteroatoms. The molecule has 0 heterocycles. The lowest BCUT2D eigenvalue weighted by Gasteiger charge is -2.41. The van der Waals surface area contributed by atoms with Crippen LogP contribution in [0.25, 0.3) is 0 Å². The minimum Gasteiger partial charge on any atom is -0.399 e. The molecule has 1 nitrogen and oxygen atoms in total. The smallest absolute Gasteiger partial charge is 0.0319 e. The highest BCUT2D eigenvalue weighted by Gasteiger charge is 2.36. The van der Waals surface area contributed by atoms with Crippen LogP contribution < -0.4 is 5.73 Å². The SMILES string of the molecule is CC12CCCc3cc(N)cc(c31)CCC2. The van der Waals surface area contributed by atoms with Crippen LogP contribution in [0.15, 0.2) is 12.1 Å². The third kappa shape index (κ3) is 1.29. The largest absolute Gasteiger partial charge is 0.399 e. The zero-order valence-electron chi connectivity index (χ0n) is 9.47. The van der Waals surface area contributed by atoms with Gasteiger partial charge in [-0.1, -0.05) is 6.92 Å². The van der Waals surface area contributed by atoms with E-state index in [1.165, 1.54) is 38.5 Å². The lowest BCUT2D eigenvalue weighted by atomic mass is 9.63. The Bertz CT molecular complexity index is 375. The maximum atomic E-state index is 5.97. The third-order valence-electron chi connectivity index (χ3n) is 4.28. The number of rotatable bonds is 0. The summed E-state index contributed by atoms with van der Waals surface area (Å²) in [5.41, 5.74) is 12.1. The number of nitrogen functional groups attached to an aromatic ring is 1. The van der Waals surface area contributed by atoms with Crippen molar-refractivity contribution in [2.45, 2.75) is 50.9 Å². The molecule has 0 aliphatic heterocycles. The Morgan fingerprint density at radius 1 is 1.07 bits per heavy atom. The van der Waals surface area contributed by atoms with Crippen molar-refractivity contribution in [3.05, 3.63) is 28.8 Å². The fourth-order valence-electron chi connectivity index (χ4n) is 3.68. The van der Waals surface area contributed by atoms with Crippen molar-refractivity contribution in [3.8, 4) is 0 Å². The Kier molecular flexibility index (Phi) is 1.86. The molecule has 0 saturated heterocycles. The van der Waals surface area contributed by atoms with Crippen LogP contribution in [0, 0.1) is 0 Å². The molecule has 2 N–H and O–H groups in total. The summed E-state index contributed by atoms with van der Waals surface area (Å²) in [6.45, 7) is 2.45. The van der Waals surface area contributed by atoms with Crippen LogP contribution in [0.5, 0.6) is 0 Å². The van der Waals surface area contributed by atoms with E-state index in [1.54, 1.807) is 16.7 Å². The fourth-order valence-corrected chi connectivity index (χ4v) is 3.68. The molecule has 80 valence electrons. The van der Waals surface area contributed by atoms with E-state index in [2.05, 4.69) is 19.1 Å². The van der Waals surface area contributed by atoms with Crippen LogP contribution in [0.1, 0.15) is 49.3 Å². The van der Waals surface area contributed by atoms with Gasteiger partial charge in [-0.2, -0.15) is 0 Å². The maximum absolute atomic E-state index is 5.97. The molecule has 2 aliphatic rings. The van der Waals surface area contributed by atoms with Gasteiger partial charge in [0.2, 0.25) is 0 Å². The van der Waals surface area contributed by atoms with E-state index in [0.717, 1.165) is 5.69 Å². The summed E-state index contributed by atoms with van der Waals surface area (Å²) in [5.74, 6) is 0. The van der Waals surface area contributed by atoms with Gasteiger partial charge in [0.15, 0.2) is 0 Å². The monoisotopic (exact) mass is 201 g/mol. The van der Waals surface area contributed by atoms with E-state index < -0.39 is 0 Å². The Hall–Kier alpha value is -0.980. The highest BCUT2D eigenvalue weighted by Crippen LogP contribution is 2.46. The van der Waals surface area contributed by atoms with Gasteiger partial charge in [-0.15, -0.1) is 0 Å². The highest BCUT2D eigenvalue weighted by molar-refractivity contribution is 5.54. The predicted molar refractivity (Wildman–Crippen MR) is 64.1 cm³/mol. The lowest BCUT2D eigenvalue weighted by Crippen LogP contribution is -2.32. The van der Waals surface area contributed by atoms with Gasteiger partial charge in [0.1, 0.15) is 0 Å². The highest BCUT2D eigenvalue weighted by atomic mass is 14.6. The van der Waals surface area contributed by atoms with Crippen LogP contribution in [-0.4, -0.2) is 0 Å². The van der Waals surface area contributed by atoms with Crippen molar-refractivity contribution in [1.82, 2.24) is 0 Å². The molecule has 1 aromatic carbocycles. The lowest BCUT2D eigenvalue weighted by molar-refractivity contribution is 0.337. The van der Waals surface area contributed by atoms with Crippen LogP contribution in [-0.2, 0) is 18.3 Å². The Morgan fingerprint density at radius 3 is 2.13 bits per heavy atom. The molecular weight excluding hydrogens is 182 g/mol. The summed E-state index contributed by atoms with van der Waals surface area (Å²) < 4.78 is 0. The molecular formula is C14H19N. The van der Waals surface area contributed by atoms with E-state index in [-0.39, 0.29) is 0 Å². The minimum atomic E-state index is 0.467. The van der Waals surface area contributed by atoms with E-state index in [9.17, 15) is 0 Å². The van der Waals surface area contributed by atoms with Crippen molar-refractivity contribution in [2.75, 3.05) is 5.73 Å². The first-order chi connectivity index (χ1) is 7.19. The Labute approximate surface area is 91.7 Å². The molecule has 0 radical (unpaired) electrons. The normalized spacial score (nSPS) is 22.2. The van der Waals surface area contributed by atoms with E-state index in [0.29, 0.717) is 5.41 Å². The first-order valence-electron chi connectivity index (χ1n) is 6.11. The molecule has 0 unspecified atom stereocenters. The van der Waals surface area contributed by atoms with Gasteiger partial charge in [-0.25, -0.2) is 0 Å². The molecule has 3 rings (SSSR count). The summed E-state index contributed by atoms with van der Waals surface area (Å²) in [5, 5.41) is 0. The van der Waals surface area contributed by atoms with E-state index in [1.807, 2.05) is 0 Å². The number of hydrogen-bond donors (Lipinski definition) is 1. The molecule has 0 saturated carbocycles. The van der Waals surface area contributed by atoms with E-state index >= 15 is 0 Å². The molecule has 15 heavy (non-hydrogen) atoms. The van der Waals surface area contributed by atoms with Crippen LogP contribution in [0.4, 0.5) is 5.69 Å². The quantitative estimate of drug-likeness (QED) is 0.641. The topological polar surface area (TPSA) is 26.0 Å². The van der Waals surface area contributed by atoms with Gasteiger partial charge < -0.3 is 5.73 Å². The van der Waals surface area contributed by atoms with Gasteiger partial charge in [0.05, 0.1) is 0 Å². The number of benzene rings is 1. The summed E-state index contributed by atoms with van der Waals surface area (Å²) in [7, 11) is 0. The van der Waals surface area contributed by atoms with Crippen molar-refractivity contribution < 1.29 is 0 Å². The first-order valence-corrected chi connectivity index (χ1v) is 6.11. The standard InChI is InChI=1S/C14H19N/c1-14-6-2-4-10-8-12(15)9-11(13(10)14)5-3-7-14/h8-9H,2-7,15H2,1H3. The molecule has 0 atom stereocenters. The van der Waals surface area contributed by atoms with Crippen LogP contribution in [0.2, 0.25) is 0 Å². The zero-order chi connectivity index (χ0) is 10.5. The number of hydrogen-bond acceptors (Lipinski definition) is 1. The Balaban J connectivity index is 2.26.